The first-order valence-electron chi connectivity index (χ1n) is 35.0. The molecule has 1 fully saturated rings. The molecular weight excluding hydrogens is 1530 g/mol. The summed E-state index contributed by atoms with van der Waals surface area (Å²) < 4.78 is 77.5. The number of carbonyl (C=O) groups excluding carboxylic acids is 2. The van der Waals surface area contributed by atoms with Crippen LogP contribution < -0.4 is 41.2 Å². The Morgan fingerprint density at radius 1 is 0.796 bits per heavy atom. The van der Waals surface area contributed by atoms with Crippen LogP contribution in [0.1, 0.15) is 149 Å². The number of hydrogen-bond acceptors (Lipinski definition) is 24. The Morgan fingerprint density at radius 2 is 1.53 bits per heavy atom. The number of amides is 2. The van der Waals surface area contributed by atoms with Crippen LogP contribution in [0.5, 0.6) is 17.2 Å². The van der Waals surface area contributed by atoms with Gasteiger partial charge in [-0.05, 0) is 136 Å². The number of nitrogens with two attached hydrogens (primary N) is 1. The van der Waals surface area contributed by atoms with Gasteiger partial charge in [0.15, 0.2) is 0 Å². The maximum absolute atomic E-state index is 13.9. The van der Waals surface area contributed by atoms with E-state index in [0.717, 1.165) is 111 Å². The number of carboxylic acid groups (broad SMARTS) is 1. The molecule has 0 saturated carbocycles. The Labute approximate surface area is 637 Å². The van der Waals surface area contributed by atoms with Crippen molar-refractivity contribution in [1.29, 1.82) is 0 Å². The van der Waals surface area contributed by atoms with Crippen molar-refractivity contribution in [2.24, 2.45) is 10.2 Å². The maximum Gasteiger partial charge on any atom is 0.490 e. The quantitative estimate of drug-likeness (QED) is 0.00418. The number of phenolic OH excluding ortho intramolecular Hbond substituents is 1. The standard InChI is InChI=1S/C72H81N10O19P3S4/c1-71(2,3)107-106-41-96-57-35-59(98-58(57)37-97-103(91,92)101-104(93,94)100-102(88,89)90)82-36-47(60-66(73)76-39-77-67(60)82)13-10-30-95-40-105-108-72(4,5)38-75-68(84)43-17-20-48(21-18-43)78-79-55-23-16-42(31-56(55)83)24-25-74-69(85)46-19-22-49(52(34-46)70(86)87)61-53-32-44-11-6-26-80-28-8-14-50(62(44)80)64(53)99-65-51-15-9-29-81-27-7-12-45(63(51)81)33-54(61)65/h16-23,31-34,36,39,57-59H,6-9,11-12,14-15,24-30,35,37-38,40-41H2,1-5H3,(H9-,73,74,75,76,77,78,83,84,85,86,87,88,89,90,91,92,93,94)/p+1/t57?,58-,59-/m1/s1. The van der Waals surface area contributed by atoms with E-state index in [1.165, 1.54) is 78.1 Å². The first-order chi connectivity index (χ1) is 51.4. The summed E-state index contributed by atoms with van der Waals surface area (Å²) in [5.74, 6) is 6.23. The van der Waals surface area contributed by atoms with Crippen molar-refractivity contribution in [3.63, 3.8) is 0 Å². The van der Waals surface area contributed by atoms with E-state index in [1.807, 2.05) is 34.6 Å². The van der Waals surface area contributed by atoms with E-state index in [4.69, 9.17) is 39.0 Å². The Morgan fingerprint density at radius 3 is 2.29 bits per heavy atom. The zero-order valence-electron chi connectivity index (χ0n) is 59.6. The van der Waals surface area contributed by atoms with Gasteiger partial charge in [0, 0.05) is 105 Å². The molecule has 5 aromatic carbocycles. The highest BCUT2D eigenvalue weighted by Gasteiger charge is 2.45. The lowest BCUT2D eigenvalue weighted by Gasteiger charge is -2.39. The van der Waals surface area contributed by atoms with E-state index in [9.17, 15) is 48.1 Å². The van der Waals surface area contributed by atoms with E-state index >= 15 is 0 Å². The molecular formula is C72H82N10O19P3S4+. The number of ether oxygens (including phenoxy) is 4. The van der Waals surface area contributed by atoms with Crippen molar-refractivity contribution < 1.29 is 90.0 Å². The molecule has 29 nitrogen and oxygen atoms in total. The number of nitrogen functional groups attached to an aromatic ring is 1. The third-order valence-electron chi connectivity index (χ3n) is 18.7. The Hall–Kier alpha value is -7.15. The summed E-state index contributed by atoms with van der Waals surface area (Å²) in [4.78, 5) is 89.5. The zero-order valence-corrected chi connectivity index (χ0v) is 65.6. The minimum absolute atomic E-state index is 0.0182. The van der Waals surface area contributed by atoms with Crippen molar-refractivity contribution in [2.45, 2.75) is 127 Å². The van der Waals surface area contributed by atoms with Gasteiger partial charge in [0.1, 0.15) is 84.6 Å². The van der Waals surface area contributed by atoms with Gasteiger partial charge < -0.3 is 74.6 Å². The predicted molar refractivity (Wildman–Crippen MR) is 413 cm³/mol. The number of fused-ring (bicyclic) bond motifs is 5. The first-order valence-corrected chi connectivity index (χ1v) is 44.2. The van der Waals surface area contributed by atoms with Gasteiger partial charge in [0.25, 0.3) is 11.8 Å². The van der Waals surface area contributed by atoms with Gasteiger partial charge >= 0.3 is 29.4 Å². The van der Waals surface area contributed by atoms with E-state index < -0.39 is 65.1 Å². The van der Waals surface area contributed by atoms with Gasteiger partial charge in [-0.2, -0.15) is 13.7 Å². The molecule has 6 aliphatic rings. The predicted octanol–water partition coefficient (Wildman–Crippen LogP) is 11.3. The van der Waals surface area contributed by atoms with Crippen LogP contribution in [0.2, 0.25) is 0 Å². The van der Waals surface area contributed by atoms with E-state index in [-0.39, 0.29) is 70.5 Å². The number of benzene rings is 5. The highest BCUT2D eigenvalue weighted by molar-refractivity contribution is 8.77. The molecule has 13 rings (SSSR count). The number of rotatable bonds is 28. The van der Waals surface area contributed by atoms with Crippen molar-refractivity contribution >= 4 is 124 Å². The third-order valence-corrected chi connectivity index (χ3v) is 28.5. The number of aromatic nitrogens is 3. The molecule has 0 radical (unpaired) electrons. The number of phenols is 1. The number of hydrogen-bond donors (Lipinski definition) is 9. The van der Waals surface area contributed by atoms with Crippen molar-refractivity contribution in [2.75, 3.05) is 75.0 Å². The molecule has 10 N–H and O–H groups in total. The van der Waals surface area contributed by atoms with Crippen molar-refractivity contribution in [3.05, 3.63) is 157 Å². The van der Waals surface area contributed by atoms with Crippen LogP contribution in [0.15, 0.2) is 95.5 Å². The monoisotopic (exact) mass is 1610 g/mol. The summed E-state index contributed by atoms with van der Waals surface area (Å²) in [5.41, 5.74) is 17.6. The van der Waals surface area contributed by atoms with Crippen LogP contribution >= 0.6 is 66.6 Å². The minimum Gasteiger partial charge on any atom is -0.506 e. The second-order valence-corrected chi connectivity index (χ2v) is 38.6. The van der Waals surface area contributed by atoms with Crippen LogP contribution in [-0.4, -0.2) is 148 Å². The molecule has 1 saturated heterocycles. The van der Waals surface area contributed by atoms with Crippen LogP contribution in [0.3, 0.4) is 0 Å². The smallest absolute Gasteiger partial charge is 0.490 e. The number of aryl methyl sites for hydroxylation is 2. The lowest BCUT2D eigenvalue weighted by Crippen LogP contribution is -2.45. The molecule has 0 spiro atoms. The van der Waals surface area contributed by atoms with Gasteiger partial charge in [-0.25, -0.2) is 33.0 Å². The van der Waals surface area contributed by atoms with Crippen molar-refractivity contribution in [1.82, 2.24) is 29.7 Å². The molecule has 5 atom stereocenters. The van der Waals surface area contributed by atoms with Crippen LogP contribution in [0, 0.1) is 11.8 Å². The summed E-state index contributed by atoms with van der Waals surface area (Å²) in [6.07, 6.45) is 8.39. The zero-order chi connectivity index (χ0) is 76.5. The first kappa shape index (κ1) is 79.0. The van der Waals surface area contributed by atoms with Crippen LogP contribution in [0.4, 0.5) is 22.9 Å². The van der Waals surface area contributed by atoms with Crippen molar-refractivity contribution in [3.8, 4) is 29.1 Å². The summed E-state index contributed by atoms with van der Waals surface area (Å²) in [6, 6.07) is 20.9. The number of nitrogens with zero attached hydrogens (tertiary/aromatic N) is 7. The molecule has 8 heterocycles. The molecule has 36 heteroatoms. The topological polar surface area (TPSA) is 400 Å². The Bertz CT molecular complexity index is 5080. The lowest BCUT2D eigenvalue weighted by atomic mass is 9.81. The fourth-order valence-corrected chi connectivity index (χ4v) is 21.3. The van der Waals surface area contributed by atoms with E-state index in [0.29, 0.717) is 46.4 Å². The number of aromatic carboxylic acids is 1. The highest BCUT2D eigenvalue weighted by Crippen LogP contribution is 2.66. The Balaban J connectivity index is 0.575. The summed E-state index contributed by atoms with van der Waals surface area (Å²) >= 11 is 0. The molecule has 7 aromatic rings. The minimum atomic E-state index is -5.77. The second kappa shape index (κ2) is 33.0. The number of nitrogens with one attached hydrogen (secondary N) is 2. The SMILES string of the molecule is CC(C)(C)SSCOC1C[C@H](n2cc(C#CCOCSSC(C)(C)CNC(=O)c3ccc(N=Nc4ccc(CCNC(=O)c5ccc(C6=c7cc8c9c(c7Oc7c6cc6c%10c7CCCN%10CCC6)CCC[N+]=9CCC8)c(C(=O)O)c5)cc4O)cc3)c3c(N)ncnc32)O[C@@H]1COP(=O)(O)OP(=O)(O)OP(=O)(O)O. The van der Waals surface area contributed by atoms with Gasteiger partial charge in [0.2, 0.25) is 5.36 Å². The average Bonchev–Trinajstić information content (AvgIpc) is 0.921. The van der Waals surface area contributed by atoms with Gasteiger partial charge in [0.05, 0.1) is 40.5 Å². The molecule has 6 aliphatic heterocycles. The molecule has 108 heavy (non-hydrogen) atoms. The molecule has 0 aliphatic carbocycles. The number of aromatic hydroxyl groups is 1. The lowest BCUT2D eigenvalue weighted by molar-refractivity contribution is -0.0520. The van der Waals surface area contributed by atoms with E-state index in [2.05, 4.69) is 72.9 Å². The summed E-state index contributed by atoms with van der Waals surface area (Å²) in [6.45, 7) is 13.8. The highest BCUT2D eigenvalue weighted by atomic mass is 33.1. The van der Waals surface area contributed by atoms with Crippen LogP contribution in [0.25, 0.3) is 16.6 Å². The normalized spacial score (nSPS) is 18.6. The maximum atomic E-state index is 13.9. The average molecular weight is 1610 g/mol. The number of phosphoric acid groups is 3. The summed E-state index contributed by atoms with van der Waals surface area (Å²) in [7, 11) is -11.0. The van der Waals surface area contributed by atoms with Gasteiger partial charge in [-0.3, -0.25) is 14.1 Å². The number of azo groups is 1. The largest absolute Gasteiger partial charge is 0.506 e. The van der Waals surface area contributed by atoms with Crippen LogP contribution in [-0.2, 0) is 73.2 Å². The van der Waals surface area contributed by atoms with E-state index in [1.54, 1.807) is 76.2 Å². The molecule has 3 unspecified atom stereocenters. The number of anilines is 2. The molecule has 2 aromatic heterocycles. The van der Waals surface area contributed by atoms with Gasteiger partial charge in [-0.15, -0.1) is 5.11 Å². The third kappa shape index (κ3) is 18.7. The number of carbonyl (C=O) groups is 3. The van der Waals surface area contributed by atoms with Gasteiger partial charge in [-0.1, -0.05) is 87.9 Å². The Kier molecular flexibility index (Phi) is 24.2. The number of phosphoric ester groups is 1. The molecule has 572 valence electrons. The fourth-order valence-electron chi connectivity index (χ4n) is 14.2. The molecule has 0 bridgehead atoms. The summed E-state index contributed by atoms with van der Waals surface area (Å²) in [5, 5.41) is 39.1. The fraction of sp³-hybridized carbons (Fsp3) is 0.417. The second-order valence-electron chi connectivity index (χ2n) is 28.2. The number of carboxylic acids is 1. The molecule has 2 amide bonds.